The Kier molecular flexibility index (Phi) is 6.64. The van der Waals surface area contributed by atoms with Crippen LogP contribution in [-0.4, -0.2) is 17.4 Å². The first-order valence-electron chi connectivity index (χ1n) is 12.6. The van der Waals surface area contributed by atoms with Gasteiger partial charge in [-0.05, 0) is 60.7 Å². The highest BCUT2D eigenvalue weighted by Gasteiger charge is 2.43. The molecule has 1 unspecified atom stereocenters. The molecule has 5 rings (SSSR count). The van der Waals surface area contributed by atoms with Crippen LogP contribution in [0.25, 0.3) is 11.0 Å². The number of rotatable bonds is 8. The van der Waals surface area contributed by atoms with E-state index in [0.717, 1.165) is 47.3 Å². The number of ether oxygens (including phenoxy) is 1. The lowest BCUT2D eigenvalue weighted by Gasteiger charge is -2.25. The first-order chi connectivity index (χ1) is 17.5. The van der Waals surface area contributed by atoms with Crippen molar-refractivity contribution < 1.29 is 13.9 Å². The Balaban J connectivity index is 1.64. The van der Waals surface area contributed by atoms with Gasteiger partial charge >= 0.3 is 0 Å². The molecule has 184 valence electrons. The summed E-state index contributed by atoms with van der Waals surface area (Å²) in [4.78, 5) is 29.4. The van der Waals surface area contributed by atoms with Crippen LogP contribution in [0.2, 0.25) is 0 Å². The largest absolute Gasteiger partial charge is 0.494 e. The summed E-state index contributed by atoms with van der Waals surface area (Å²) in [6, 6.07) is 20.8. The van der Waals surface area contributed by atoms with Crippen molar-refractivity contribution in [2.24, 2.45) is 0 Å². The molecule has 0 spiro atoms. The van der Waals surface area contributed by atoms with E-state index < -0.39 is 6.04 Å². The molecular formula is C31H31NO4. The quantitative estimate of drug-likeness (QED) is 0.262. The number of hydrogen-bond donors (Lipinski definition) is 0. The van der Waals surface area contributed by atoms with Crippen LogP contribution in [0.4, 0.5) is 0 Å². The molecule has 1 aliphatic heterocycles. The van der Waals surface area contributed by atoms with E-state index in [4.69, 9.17) is 9.15 Å². The van der Waals surface area contributed by atoms with Crippen LogP contribution >= 0.6 is 0 Å². The Labute approximate surface area is 211 Å². The number of amides is 1. The fraction of sp³-hybridized carbons (Fsp3) is 0.290. The third-order valence-electron chi connectivity index (χ3n) is 6.78. The Morgan fingerprint density at radius 1 is 0.944 bits per heavy atom. The van der Waals surface area contributed by atoms with Crippen LogP contribution in [0.1, 0.15) is 70.6 Å². The van der Waals surface area contributed by atoms with Gasteiger partial charge in [0.1, 0.15) is 11.3 Å². The Morgan fingerprint density at radius 3 is 2.53 bits per heavy atom. The van der Waals surface area contributed by atoms with E-state index in [1.54, 1.807) is 4.90 Å². The van der Waals surface area contributed by atoms with Gasteiger partial charge in [0, 0.05) is 6.54 Å². The highest BCUT2D eigenvalue weighted by molar-refractivity contribution is 5.99. The molecule has 36 heavy (non-hydrogen) atoms. The van der Waals surface area contributed by atoms with Gasteiger partial charge in [0.2, 0.25) is 5.76 Å². The van der Waals surface area contributed by atoms with Crippen molar-refractivity contribution in [3.63, 3.8) is 0 Å². The summed E-state index contributed by atoms with van der Waals surface area (Å²) < 4.78 is 12.2. The van der Waals surface area contributed by atoms with Crippen LogP contribution in [0.3, 0.4) is 0 Å². The first-order valence-corrected chi connectivity index (χ1v) is 12.6. The molecule has 0 aliphatic carbocycles. The zero-order valence-electron chi connectivity index (χ0n) is 21.0. The van der Waals surface area contributed by atoms with Gasteiger partial charge in [-0.3, -0.25) is 9.59 Å². The molecule has 4 aromatic rings. The molecule has 1 atom stereocenters. The number of aryl methyl sites for hydroxylation is 2. The van der Waals surface area contributed by atoms with Gasteiger partial charge in [0.15, 0.2) is 5.43 Å². The summed E-state index contributed by atoms with van der Waals surface area (Å²) in [7, 11) is 0. The fourth-order valence-electron chi connectivity index (χ4n) is 5.08. The molecule has 1 aromatic heterocycles. The molecule has 3 aromatic carbocycles. The number of carbonyl (C=O) groups is 1. The molecule has 0 radical (unpaired) electrons. The highest BCUT2D eigenvalue weighted by Crippen LogP contribution is 2.40. The summed E-state index contributed by atoms with van der Waals surface area (Å²) in [6.45, 7) is 7.03. The lowest BCUT2D eigenvalue weighted by molar-refractivity contribution is 0.0714. The summed E-state index contributed by atoms with van der Waals surface area (Å²) >= 11 is 0. The molecule has 2 heterocycles. The predicted molar refractivity (Wildman–Crippen MR) is 142 cm³/mol. The minimum atomic E-state index is -0.562. The van der Waals surface area contributed by atoms with Crippen molar-refractivity contribution in [3.05, 3.63) is 111 Å². The van der Waals surface area contributed by atoms with Crippen LogP contribution in [0, 0.1) is 13.8 Å². The number of unbranched alkanes of at least 4 members (excludes halogenated alkanes) is 2. The fourth-order valence-corrected chi connectivity index (χ4v) is 5.08. The van der Waals surface area contributed by atoms with Gasteiger partial charge in [-0.25, -0.2) is 0 Å². The maximum atomic E-state index is 13.9. The highest BCUT2D eigenvalue weighted by atomic mass is 16.5. The minimum absolute atomic E-state index is 0.134. The van der Waals surface area contributed by atoms with E-state index in [1.165, 1.54) is 0 Å². The van der Waals surface area contributed by atoms with Crippen LogP contribution in [0.15, 0.2) is 75.9 Å². The van der Waals surface area contributed by atoms with Gasteiger partial charge in [-0.15, -0.1) is 0 Å². The van der Waals surface area contributed by atoms with Gasteiger partial charge in [-0.1, -0.05) is 68.3 Å². The molecule has 0 saturated carbocycles. The van der Waals surface area contributed by atoms with Crippen LogP contribution < -0.4 is 10.2 Å². The van der Waals surface area contributed by atoms with E-state index in [1.807, 2.05) is 80.6 Å². The molecule has 0 fully saturated rings. The zero-order valence-corrected chi connectivity index (χ0v) is 21.0. The molecule has 1 amide bonds. The third-order valence-corrected chi connectivity index (χ3v) is 6.78. The molecule has 0 bridgehead atoms. The summed E-state index contributed by atoms with van der Waals surface area (Å²) in [5, 5.41) is 0.512. The minimum Gasteiger partial charge on any atom is -0.494 e. The Hall–Kier alpha value is -3.86. The molecule has 0 saturated heterocycles. The van der Waals surface area contributed by atoms with Crippen molar-refractivity contribution >= 4 is 16.9 Å². The average molecular weight is 482 g/mol. The average Bonchev–Trinajstić information content (AvgIpc) is 3.15. The molecular weight excluding hydrogens is 450 g/mol. The second kappa shape index (κ2) is 10.0. The maximum Gasteiger partial charge on any atom is 0.291 e. The summed E-state index contributed by atoms with van der Waals surface area (Å²) in [6.07, 6.45) is 3.23. The van der Waals surface area contributed by atoms with Gasteiger partial charge in [-0.2, -0.15) is 0 Å². The van der Waals surface area contributed by atoms with Gasteiger partial charge in [0.25, 0.3) is 5.91 Å². The Morgan fingerprint density at radius 2 is 1.75 bits per heavy atom. The standard InChI is InChI=1S/C31H31NO4/c1-4-5-9-15-35-24-14-10-13-23(18-24)27-26-28(33)25-17-20(2)16-21(3)29(25)36-30(26)31(34)32(27)19-22-11-7-6-8-12-22/h6-8,10-14,16-18,27H,4-5,9,15,19H2,1-3H3. The van der Waals surface area contributed by atoms with Crippen molar-refractivity contribution in [2.45, 2.75) is 52.6 Å². The molecule has 5 nitrogen and oxygen atoms in total. The van der Waals surface area contributed by atoms with Crippen molar-refractivity contribution in [1.29, 1.82) is 0 Å². The van der Waals surface area contributed by atoms with Gasteiger partial charge in [0.05, 0.1) is 23.6 Å². The first kappa shape index (κ1) is 23.9. The van der Waals surface area contributed by atoms with E-state index in [0.29, 0.717) is 29.7 Å². The molecule has 1 aliphatic rings. The van der Waals surface area contributed by atoms with E-state index in [2.05, 4.69) is 6.92 Å². The predicted octanol–water partition coefficient (Wildman–Crippen LogP) is 6.72. The van der Waals surface area contributed by atoms with Crippen molar-refractivity contribution in [1.82, 2.24) is 4.90 Å². The maximum absolute atomic E-state index is 13.9. The van der Waals surface area contributed by atoms with Crippen molar-refractivity contribution in [2.75, 3.05) is 6.61 Å². The number of fused-ring (bicyclic) bond motifs is 2. The van der Waals surface area contributed by atoms with Gasteiger partial charge < -0.3 is 14.1 Å². The normalized spacial score (nSPS) is 14.9. The topological polar surface area (TPSA) is 59.8 Å². The second-order valence-electron chi connectivity index (χ2n) is 9.58. The summed E-state index contributed by atoms with van der Waals surface area (Å²) in [5.41, 5.74) is 4.38. The number of nitrogens with zero attached hydrogens (tertiary/aromatic N) is 1. The van der Waals surface area contributed by atoms with E-state index >= 15 is 0 Å². The number of carbonyl (C=O) groups excluding carboxylic acids is 1. The molecule has 0 N–H and O–H groups in total. The monoisotopic (exact) mass is 481 g/mol. The lowest BCUT2D eigenvalue weighted by atomic mass is 9.97. The van der Waals surface area contributed by atoms with Crippen LogP contribution in [-0.2, 0) is 6.54 Å². The zero-order chi connectivity index (χ0) is 25.2. The SMILES string of the molecule is CCCCCOc1cccc(C2c3c(oc4c(C)cc(C)cc4c3=O)C(=O)N2Cc2ccccc2)c1. The lowest BCUT2D eigenvalue weighted by Crippen LogP contribution is -2.29. The smallest absolute Gasteiger partial charge is 0.291 e. The third kappa shape index (κ3) is 4.41. The second-order valence-corrected chi connectivity index (χ2v) is 9.58. The van der Waals surface area contributed by atoms with E-state index in [9.17, 15) is 9.59 Å². The number of benzene rings is 3. The van der Waals surface area contributed by atoms with Crippen LogP contribution in [0.5, 0.6) is 5.75 Å². The molecule has 5 heteroatoms. The van der Waals surface area contributed by atoms with E-state index in [-0.39, 0.29) is 17.1 Å². The summed E-state index contributed by atoms with van der Waals surface area (Å²) in [5.74, 6) is 0.600. The Bertz CT molecular complexity index is 1470. The van der Waals surface area contributed by atoms with Crippen molar-refractivity contribution in [3.8, 4) is 5.75 Å². The number of hydrogen-bond acceptors (Lipinski definition) is 4.